The second-order valence-electron chi connectivity index (χ2n) is 10.2. The van der Waals surface area contributed by atoms with Crippen LogP contribution in [0.25, 0.3) is 22.0 Å². The van der Waals surface area contributed by atoms with Crippen LogP contribution >= 0.6 is 0 Å². The van der Waals surface area contributed by atoms with E-state index in [4.69, 9.17) is 10.5 Å². The highest BCUT2D eigenvalue weighted by Gasteiger charge is 2.54. The normalized spacial score (nSPS) is 14.2. The fourth-order valence-corrected chi connectivity index (χ4v) is 7.19. The molecule has 40 heavy (non-hydrogen) atoms. The maximum atomic E-state index is 13.9. The molecule has 3 heterocycles. The van der Waals surface area contributed by atoms with E-state index in [9.17, 15) is 18.0 Å². The predicted molar refractivity (Wildman–Crippen MR) is 155 cm³/mol. The van der Waals surface area contributed by atoms with Gasteiger partial charge in [-0.3, -0.25) is 9.59 Å². The van der Waals surface area contributed by atoms with Crippen LogP contribution in [-0.4, -0.2) is 40.1 Å². The van der Waals surface area contributed by atoms with E-state index in [1.807, 2.05) is 0 Å². The Balaban J connectivity index is 1.65. The number of amides is 1. The number of allylic oxidation sites excluding steroid dienone is 1. The standard InChI is InChI=1S/C29H31N5O5S/c1-5-8-29(9-10-29)40(37,38)34-16-17(2)26-21(12-20(13-23(26)34)19-6-7-25(30)31-14-19)27(35)32-15-22-24(39-4)11-18(3)33-28(22)36/h5-7,11-14,16H,1,8-10,15H2,2-4H3,(H2,30,31)(H,32,35)(H,33,36). The maximum absolute atomic E-state index is 13.9. The minimum Gasteiger partial charge on any atom is -0.496 e. The molecule has 1 fully saturated rings. The molecule has 0 spiro atoms. The van der Waals surface area contributed by atoms with Crippen LogP contribution in [0.4, 0.5) is 5.82 Å². The molecular formula is C29H31N5O5S. The third-order valence-corrected chi connectivity index (χ3v) is 9.92. The summed E-state index contributed by atoms with van der Waals surface area (Å²) >= 11 is 0. The Kier molecular flexibility index (Phi) is 6.79. The molecule has 1 aliphatic carbocycles. The van der Waals surface area contributed by atoms with Crippen molar-refractivity contribution < 1.29 is 17.9 Å². The number of methoxy groups -OCH3 is 1. The van der Waals surface area contributed by atoms with Crippen LogP contribution in [-0.2, 0) is 16.6 Å². The number of aromatic nitrogens is 3. The van der Waals surface area contributed by atoms with Crippen molar-refractivity contribution in [1.29, 1.82) is 0 Å². The highest BCUT2D eigenvalue weighted by atomic mass is 32.2. The fourth-order valence-electron chi connectivity index (χ4n) is 5.12. The van der Waals surface area contributed by atoms with Gasteiger partial charge in [0.15, 0.2) is 0 Å². The Morgan fingerprint density at radius 3 is 2.62 bits per heavy atom. The summed E-state index contributed by atoms with van der Waals surface area (Å²) in [6, 6.07) is 8.53. The Labute approximate surface area is 231 Å². The molecule has 4 aromatic rings. The van der Waals surface area contributed by atoms with Crippen LogP contribution in [0, 0.1) is 13.8 Å². The SMILES string of the molecule is C=CCC1(S(=O)(=O)n2cc(C)c3c(C(=O)NCc4c(OC)cc(C)[nH]c4=O)cc(-c4ccc(N)nc4)cc32)CC1. The molecule has 0 atom stereocenters. The molecule has 5 rings (SSSR count). The van der Waals surface area contributed by atoms with Crippen LogP contribution in [0.3, 0.4) is 0 Å². The van der Waals surface area contributed by atoms with Crippen molar-refractivity contribution in [2.75, 3.05) is 12.8 Å². The zero-order valence-electron chi connectivity index (χ0n) is 22.6. The second-order valence-corrected chi connectivity index (χ2v) is 12.4. The van der Waals surface area contributed by atoms with E-state index in [-0.39, 0.29) is 23.2 Å². The van der Waals surface area contributed by atoms with Crippen molar-refractivity contribution in [2.24, 2.45) is 0 Å². The van der Waals surface area contributed by atoms with Gasteiger partial charge < -0.3 is 20.8 Å². The first-order valence-electron chi connectivity index (χ1n) is 12.8. The van der Waals surface area contributed by atoms with Gasteiger partial charge in [-0.1, -0.05) is 6.08 Å². The molecule has 1 aliphatic rings. The van der Waals surface area contributed by atoms with Crippen LogP contribution < -0.4 is 21.3 Å². The number of rotatable bonds is 9. The van der Waals surface area contributed by atoms with Crippen LogP contribution in [0.1, 0.15) is 46.4 Å². The fraction of sp³-hybridized carbons (Fsp3) is 0.276. The van der Waals surface area contributed by atoms with Gasteiger partial charge in [0.05, 0.1) is 29.5 Å². The van der Waals surface area contributed by atoms with Gasteiger partial charge >= 0.3 is 0 Å². The largest absolute Gasteiger partial charge is 0.496 e. The van der Waals surface area contributed by atoms with Crippen molar-refractivity contribution in [1.82, 2.24) is 19.3 Å². The number of fused-ring (bicyclic) bond motifs is 1. The molecule has 11 heteroatoms. The summed E-state index contributed by atoms with van der Waals surface area (Å²) in [5.74, 6) is 0.225. The number of carbonyl (C=O) groups excluding carboxylic acids is 1. The smallest absolute Gasteiger partial charge is 0.256 e. The van der Waals surface area contributed by atoms with Gasteiger partial charge in [0.1, 0.15) is 11.6 Å². The number of hydrogen-bond donors (Lipinski definition) is 3. The Bertz CT molecular complexity index is 1820. The highest BCUT2D eigenvalue weighted by Crippen LogP contribution is 2.49. The molecule has 0 bridgehead atoms. The van der Waals surface area contributed by atoms with Gasteiger partial charge in [-0.05, 0) is 74.6 Å². The quantitative estimate of drug-likeness (QED) is 0.263. The van der Waals surface area contributed by atoms with E-state index >= 15 is 0 Å². The van der Waals surface area contributed by atoms with Crippen molar-refractivity contribution in [3.8, 4) is 16.9 Å². The van der Waals surface area contributed by atoms with Gasteiger partial charge in [0, 0.05) is 34.6 Å². The summed E-state index contributed by atoms with van der Waals surface area (Å²) in [6.07, 6.45) is 6.20. The van der Waals surface area contributed by atoms with Crippen LogP contribution in [0.15, 0.2) is 60.2 Å². The number of hydrogen-bond acceptors (Lipinski definition) is 7. The third kappa shape index (κ3) is 4.56. The first kappa shape index (κ1) is 27.2. The Morgan fingerprint density at radius 2 is 2.00 bits per heavy atom. The zero-order chi connectivity index (χ0) is 28.8. The van der Waals surface area contributed by atoms with E-state index < -0.39 is 20.7 Å². The van der Waals surface area contributed by atoms with E-state index in [2.05, 4.69) is 21.9 Å². The topological polar surface area (TPSA) is 149 Å². The Morgan fingerprint density at radius 1 is 1.25 bits per heavy atom. The lowest BCUT2D eigenvalue weighted by atomic mass is 9.99. The van der Waals surface area contributed by atoms with E-state index in [1.165, 1.54) is 11.1 Å². The molecular weight excluding hydrogens is 530 g/mol. The maximum Gasteiger partial charge on any atom is 0.256 e. The van der Waals surface area contributed by atoms with Gasteiger partial charge in [-0.25, -0.2) is 17.4 Å². The number of anilines is 1. The number of nitrogens with two attached hydrogens (primary N) is 1. The van der Waals surface area contributed by atoms with E-state index in [1.54, 1.807) is 62.6 Å². The summed E-state index contributed by atoms with van der Waals surface area (Å²) < 4.78 is 33.5. The van der Waals surface area contributed by atoms with Gasteiger partial charge in [0.25, 0.3) is 11.5 Å². The van der Waals surface area contributed by atoms with Crippen molar-refractivity contribution in [3.05, 3.63) is 88.1 Å². The number of pyridine rings is 2. The summed E-state index contributed by atoms with van der Waals surface area (Å²) in [6.45, 7) is 7.17. The lowest BCUT2D eigenvalue weighted by Crippen LogP contribution is -2.29. The average Bonchev–Trinajstić information content (AvgIpc) is 3.64. The van der Waals surface area contributed by atoms with Crippen molar-refractivity contribution >= 4 is 32.7 Å². The number of H-pyrrole nitrogens is 1. The molecule has 0 radical (unpaired) electrons. The van der Waals surface area contributed by atoms with Gasteiger partial charge in [0.2, 0.25) is 10.0 Å². The van der Waals surface area contributed by atoms with Crippen LogP contribution in [0.5, 0.6) is 5.75 Å². The predicted octanol–water partition coefficient (Wildman–Crippen LogP) is 3.82. The summed E-state index contributed by atoms with van der Waals surface area (Å²) in [7, 11) is -2.34. The molecule has 1 saturated carbocycles. The molecule has 208 valence electrons. The molecule has 1 amide bonds. The summed E-state index contributed by atoms with van der Waals surface area (Å²) in [5, 5.41) is 3.33. The molecule has 3 aromatic heterocycles. The third-order valence-electron chi connectivity index (χ3n) is 7.43. The molecule has 10 nitrogen and oxygen atoms in total. The number of aromatic amines is 1. The van der Waals surface area contributed by atoms with Crippen LogP contribution in [0.2, 0.25) is 0 Å². The van der Waals surface area contributed by atoms with Crippen molar-refractivity contribution in [3.63, 3.8) is 0 Å². The lowest BCUT2D eigenvalue weighted by molar-refractivity contribution is 0.0952. The number of carbonyl (C=O) groups is 1. The minimum absolute atomic E-state index is 0.0900. The van der Waals surface area contributed by atoms with Gasteiger partial charge in [-0.15, -0.1) is 6.58 Å². The zero-order valence-corrected chi connectivity index (χ0v) is 23.4. The molecule has 0 aliphatic heterocycles. The first-order chi connectivity index (χ1) is 19.0. The summed E-state index contributed by atoms with van der Waals surface area (Å²) in [5.41, 5.74) is 8.86. The summed E-state index contributed by atoms with van der Waals surface area (Å²) in [4.78, 5) is 33.2. The molecule has 0 saturated heterocycles. The number of aryl methyl sites for hydroxylation is 2. The second kappa shape index (κ2) is 9.98. The monoisotopic (exact) mass is 561 g/mol. The number of nitrogens with zero attached hydrogens (tertiary/aromatic N) is 2. The van der Waals surface area contributed by atoms with Gasteiger partial charge in [-0.2, -0.15) is 0 Å². The Hall–Kier alpha value is -4.38. The molecule has 0 unspecified atom stereocenters. The number of nitrogen functional groups attached to an aromatic ring is 1. The highest BCUT2D eigenvalue weighted by molar-refractivity contribution is 7.91. The lowest BCUT2D eigenvalue weighted by Gasteiger charge is -2.17. The van der Waals surface area contributed by atoms with E-state index in [0.717, 1.165) is 0 Å². The number of ether oxygens (including phenoxy) is 1. The molecule has 1 aromatic carbocycles. The van der Waals surface area contributed by atoms with E-state index in [0.29, 0.717) is 64.1 Å². The minimum atomic E-state index is -3.80. The average molecular weight is 562 g/mol. The number of benzene rings is 1. The number of nitrogens with one attached hydrogen (secondary N) is 2. The molecule has 4 N–H and O–H groups in total. The first-order valence-corrected chi connectivity index (χ1v) is 14.2. The van der Waals surface area contributed by atoms with Crippen molar-refractivity contribution in [2.45, 2.75) is 44.4 Å².